The first kappa shape index (κ1) is 14.8. The summed E-state index contributed by atoms with van der Waals surface area (Å²) in [5.41, 5.74) is 4.27. The second-order valence-corrected chi connectivity index (χ2v) is 5.59. The van der Waals surface area contributed by atoms with Gasteiger partial charge in [-0.3, -0.25) is 4.90 Å². The molecule has 0 aliphatic heterocycles. The molecule has 0 aromatic carbocycles. The number of carbonyl (C=O) groups is 1. The summed E-state index contributed by atoms with van der Waals surface area (Å²) in [6, 6.07) is 0. The zero-order valence-electron chi connectivity index (χ0n) is 11.5. The van der Waals surface area contributed by atoms with Crippen LogP contribution >= 0.6 is 0 Å². The smallest absolute Gasteiger partial charge is 0.411 e. The molecule has 0 aromatic rings. The number of nitrogens with two attached hydrogens (primary N) is 1. The van der Waals surface area contributed by atoms with Crippen molar-refractivity contribution < 1.29 is 14.6 Å². The Labute approximate surface area is 108 Å². The standard InChI is InChI=1S/C13H22N2O3/c1-12(2,3)18-11(17)15(4)13(7-8-13)6-5-10(16)9-14/h10,16H,7-9,14H2,1-4H3. The number of hydrogen-bond donors (Lipinski definition) is 2. The number of nitrogens with zero attached hydrogens (tertiary/aromatic N) is 1. The topological polar surface area (TPSA) is 75.8 Å². The van der Waals surface area contributed by atoms with E-state index in [2.05, 4.69) is 11.8 Å². The average molecular weight is 254 g/mol. The van der Waals surface area contributed by atoms with Crippen molar-refractivity contribution >= 4 is 6.09 Å². The predicted octanol–water partition coefficient (Wildman–Crippen LogP) is 0.709. The summed E-state index contributed by atoms with van der Waals surface area (Å²) in [4.78, 5) is 13.4. The van der Waals surface area contributed by atoms with E-state index in [-0.39, 0.29) is 6.54 Å². The first-order valence-electron chi connectivity index (χ1n) is 6.08. The Balaban J connectivity index is 2.68. The van der Waals surface area contributed by atoms with E-state index in [0.29, 0.717) is 0 Å². The predicted molar refractivity (Wildman–Crippen MR) is 68.8 cm³/mol. The summed E-state index contributed by atoms with van der Waals surface area (Å²) in [7, 11) is 1.67. The van der Waals surface area contributed by atoms with Crippen molar-refractivity contribution in [3.8, 4) is 11.8 Å². The number of aliphatic hydroxyl groups is 1. The van der Waals surface area contributed by atoms with Crippen LogP contribution in [0.1, 0.15) is 33.6 Å². The van der Waals surface area contributed by atoms with Gasteiger partial charge in [-0.15, -0.1) is 0 Å². The minimum Gasteiger partial charge on any atom is -0.444 e. The van der Waals surface area contributed by atoms with Crippen molar-refractivity contribution in [2.45, 2.75) is 50.9 Å². The van der Waals surface area contributed by atoms with E-state index in [1.807, 2.05) is 20.8 Å². The molecule has 3 N–H and O–H groups in total. The van der Waals surface area contributed by atoms with E-state index in [1.54, 1.807) is 7.05 Å². The Hall–Kier alpha value is -1.25. The molecule has 1 fully saturated rings. The number of ether oxygens (including phenoxy) is 1. The van der Waals surface area contributed by atoms with Gasteiger partial charge in [0.1, 0.15) is 17.2 Å². The van der Waals surface area contributed by atoms with Crippen LogP contribution in [0.2, 0.25) is 0 Å². The van der Waals surface area contributed by atoms with Crippen LogP contribution in [0.5, 0.6) is 0 Å². The molecule has 1 rings (SSSR count). The Bertz CT molecular complexity index is 372. The molecule has 0 radical (unpaired) electrons. The zero-order valence-corrected chi connectivity index (χ0v) is 11.5. The minimum absolute atomic E-state index is 0.0965. The molecular weight excluding hydrogens is 232 g/mol. The molecule has 1 unspecified atom stereocenters. The zero-order chi connectivity index (χ0) is 14.0. The highest BCUT2D eigenvalue weighted by molar-refractivity contribution is 5.70. The fraction of sp³-hybridized carbons (Fsp3) is 0.769. The van der Waals surface area contributed by atoms with Gasteiger partial charge in [0.2, 0.25) is 0 Å². The largest absolute Gasteiger partial charge is 0.444 e. The van der Waals surface area contributed by atoms with Gasteiger partial charge in [0, 0.05) is 13.6 Å². The molecule has 5 nitrogen and oxygen atoms in total. The van der Waals surface area contributed by atoms with Gasteiger partial charge in [-0.05, 0) is 33.6 Å². The number of rotatable bonds is 2. The van der Waals surface area contributed by atoms with Crippen molar-refractivity contribution in [3.05, 3.63) is 0 Å². The molecular formula is C13H22N2O3. The van der Waals surface area contributed by atoms with Crippen LogP contribution in [-0.2, 0) is 4.74 Å². The third-order valence-corrected chi connectivity index (χ3v) is 2.73. The molecule has 0 saturated heterocycles. The van der Waals surface area contributed by atoms with Gasteiger partial charge in [0.15, 0.2) is 0 Å². The van der Waals surface area contributed by atoms with E-state index in [0.717, 1.165) is 12.8 Å². The minimum atomic E-state index is -0.838. The lowest BCUT2D eigenvalue weighted by Crippen LogP contribution is -2.41. The molecule has 1 atom stereocenters. The first-order chi connectivity index (χ1) is 8.20. The molecule has 0 heterocycles. The SMILES string of the molecule is CN(C(=O)OC(C)(C)C)C1(C#CC(O)CN)CC1. The molecule has 18 heavy (non-hydrogen) atoms. The molecule has 0 aromatic heterocycles. The normalized spacial score (nSPS) is 18.3. The van der Waals surface area contributed by atoms with Crippen molar-refractivity contribution in [2.75, 3.05) is 13.6 Å². The van der Waals surface area contributed by atoms with E-state index < -0.39 is 23.3 Å². The van der Waals surface area contributed by atoms with Crippen molar-refractivity contribution in [3.63, 3.8) is 0 Å². The third kappa shape index (κ3) is 3.90. The summed E-state index contributed by atoms with van der Waals surface area (Å²) >= 11 is 0. The van der Waals surface area contributed by atoms with Gasteiger partial charge in [-0.2, -0.15) is 0 Å². The number of amides is 1. The molecule has 1 saturated carbocycles. The Morgan fingerprint density at radius 1 is 1.56 bits per heavy atom. The maximum absolute atomic E-state index is 11.9. The summed E-state index contributed by atoms with van der Waals surface area (Å²) in [5.74, 6) is 5.60. The third-order valence-electron chi connectivity index (χ3n) is 2.73. The van der Waals surface area contributed by atoms with Gasteiger partial charge in [0.25, 0.3) is 0 Å². The highest BCUT2D eigenvalue weighted by Gasteiger charge is 2.48. The maximum Gasteiger partial charge on any atom is 0.411 e. The van der Waals surface area contributed by atoms with Crippen molar-refractivity contribution in [1.82, 2.24) is 4.90 Å². The van der Waals surface area contributed by atoms with Crippen LogP contribution in [0.3, 0.4) is 0 Å². The summed E-state index contributed by atoms with van der Waals surface area (Å²) in [6.07, 6.45) is 0.367. The fourth-order valence-corrected chi connectivity index (χ4v) is 1.44. The van der Waals surface area contributed by atoms with Crippen LogP contribution in [0, 0.1) is 11.8 Å². The number of aliphatic hydroxyl groups excluding tert-OH is 1. The maximum atomic E-state index is 11.9. The van der Waals surface area contributed by atoms with Gasteiger partial charge in [0.05, 0.1) is 0 Å². The Kier molecular flexibility index (Phi) is 4.25. The lowest BCUT2D eigenvalue weighted by atomic mass is 10.2. The lowest BCUT2D eigenvalue weighted by Gasteiger charge is -2.28. The van der Waals surface area contributed by atoms with E-state index in [1.165, 1.54) is 4.90 Å². The van der Waals surface area contributed by atoms with Crippen LogP contribution < -0.4 is 5.73 Å². The van der Waals surface area contributed by atoms with Crippen LogP contribution in [0.25, 0.3) is 0 Å². The molecule has 1 amide bonds. The average Bonchev–Trinajstić information content (AvgIpc) is 3.03. The van der Waals surface area contributed by atoms with E-state index in [9.17, 15) is 9.90 Å². The summed E-state index contributed by atoms with van der Waals surface area (Å²) in [6.45, 7) is 5.56. The number of carbonyl (C=O) groups excluding carboxylic acids is 1. The summed E-state index contributed by atoms with van der Waals surface area (Å²) < 4.78 is 5.29. The van der Waals surface area contributed by atoms with Crippen molar-refractivity contribution in [1.29, 1.82) is 0 Å². The Morgan fingerprint density at radius 3 is 2.50 bits per heavy atom. The highest BCUT2D eigenvalue weighted by atomic mass is 16.6. The molecule has 102 valence electrons. The quantitative estimate of drug-likeness (QED) is 0.712. The molecule has 5 heteroatoms. The van der Waals surface area contributed by atoms with Gasteiger partial charge in [-0.1, -0.05) is 11.8 Å². The molecule has 0 spiro atoms. The van der Waals surface area contributed by atoms with Gasteiger partial charge in [-0.25, -0.2) is 4.79 Å². The van der Waals surface area contributed by atoms with Crippen molar-refractivity contribution in [2.24, 2.45) is 5.73 Å². The van der Waals surface area contributed by atoms with Crippen LogP contribution in [0.15, 0.2) is 0 Å². The Morgan fingerprint density at radius 2 is 2.11 bits per heavy atom. The van der Waals surface area contributed by atoms with Crippen LogP contribution in [0.4, 0.5) is 4.79 Å². The second-order valence-electron chi connectivity index (χ2n) is 5.59. The lowest BCUT2D eigenvalue weighted by molar-refractivity contribution is 0.0242. The summed E-state index contributed by atoms with van der Waals surface area (Å²) in [5, 5.41) is 9.32. The second kappa shape index (κ2) is 5.17. The monoisotopic (exact) mass is 254 g/mol. The van der Waals surface area contributed by atoms with E-state index in [4.69, 9.17) is 10.5 Å². The highest BCUT2D eigenvalue weighted by Crippen LogP contribution is 2.40. The van der Waals surface area contributed by atoms with Crippen LogP contribution in [-0.4, -0.2) is 46.9 Å². The first-order valence-corrected chi connectivity index (χ1v) is 6.08. The molecule has 1 aliphatic rings. The number of hydrogen-bond acceptors (Lipinski definition) is 4. The molecule has 0 bridgehead atoms. The van der Waals surface area contributed by atoms with Gasteiger partial charge < -0.3 is 15.6 Å². The van der Waals surface area contributed by atoms with Gasteiger partial charge >= 0.3 is 6.09 Å². The van der Waals surface area contributed by atoms with E-state index >= 15 is 0 Å². The fourth-order valence-electron chi connectivity index (χ4n) is 1.44. The molecule has 1 aliphatic carbocycles.